The lowest BCUT2D eigenvalue weighted by Crippen LogP contribution is -2.55. The van der Waals surface area contributed by atoms with Gasteiger partial charge in [-0.1, -0.05) is 36.4 Å². The molecule has 1 fully saturated rings. The van der Waals surface area contributed by atoms with Crippen LogP contribution in [0.2, 0.25) is 0 Å². The van der Waals surface area contributed by atoms with E-state index in [0.29, 0.717) is 12.1 Å². The van der Waals surface area contributed by atoms with Gasteiger partial charge in [-0.15, -0.1) is 0 Å². The van der Waals surface area contributed by atoms with Crippen molar-refractivity contribution in [1.29, 1.82) is 0 Å². The summed E-state index contributed by atoms with van der Waals surface area (Å²) < 4.78 is 0. The number of hydrogen-bond acceptors (Lipinski definition) is 4. The van der Waals surface area contributed by atoms with Gasteiger partial charge in [0.2, 0.25) is 0 Å². The van der Waals surface area contributed by atoms with Crippen molar-refractivity contribution < 1.29 is 9.90 Å². The molecule has 0 radical (unpaired) electrons. The molecule has 2 aromatic carbocycles. The molecule has 0 aromatic heterocycles. The summed E-state index contributed by atoms with van der Waals surface area (Å²) in [6.45, 7) is 7.86. The Morgan fingerprint density at radius 2 is 1.88 bits per heavy atom. The lowest BCUT2D eigenvalue weighted by Gasteiger charge is -2.43. The smallest absolute Gasteiger partial charge is 0.159 e. The Bertz CT molecular complexity index is 742. The molecule has 3 atom stereocenters. The van der Waals surface area contributed by atoms with Gasteiger partial charge >= 0.3 is 0 Å². The average molecular weight is 338 g/mol. The van der Waals surface area contributed by atoms with E-state index in [-0.39, 0.29) is 17.6 Å². The van der Waals surface area contributed by atoms with Gasteiger partial charge in [-0.3, -0.25) is 9.69 Å². The molecule has 2 N–H and O–H groups in total. The molecule has 0 bridgehead atoms. The number of hydrogen-bond donors (Lipinski definition) is 2. The Kier molecular flexibility index (Phi) is 5.21. The number of aromatic hydroxyl groups is 1. The Morgan fingerprint density at radius 3 is 2.52 bits per heavy atom. The highest BCUT2D eigenvalue weighted by Crippen LogP contribution is 2.33. The summed E-state index contributed by atoms with van der Waals surface area (Å²) in [6, 6.07) is 16.2. The molecule has 1 aliphatic rings. The van der Waals surface area contributed by atoms with E-state index in [0.717, 1.165) is 29.8 Å². The van der Waals surface area contributed by atoms with Crippen LogP contribution >= 0.6 is 0 Å². The van der Waals surface area contributed by atoms with Gasteiger partial charge < -0.3 is 10.4 Å². The van der Waals surface area contributed by atoms with Gasteiger partial charge in [0.15, 0.2) is 5.78 Å². The molecule has 0 aliphatic carbocycles. The molecule has 0 unspecified atom stereocenters. The van der Waals surface area contributed by atoms with Crippen LogP contribution in [0.4, 0.5) is 0 Å². The largest absolute Gasteiger partial charge is 0.508 e. The summed E-state index contributed by atoms with van der Waals surface area (Å²) in [5.41, 5.74) is 2.92. The molecule has 2 aromatic rings. The van der Waals surface area contributed by atoms with Gasteiger partial charge in [0.25, 0.3) is 0 Å². The fourth-order valence-corrected chi connectivity index (χ4v) is 3.58. The van der Waals surface area contributed by atoms with Gasteiger partial charge in [-0.05, 0) is 44.0 Å². The molecule has 1 aliphatic heterocycles. The molecule has 4 heteroatoms. The van der Waals surface area contributed by atoms with Crippen LogP contribution in [-0.2, 0) is 0 Å². The highest BCUT2D eigenvalue weighted by atomic mass is 16.3. The number of ketones is 1. The van der Waals surface area contributed by atoms with Crippen LogP contribution in [0, 0.1) is 0 Å². The van der Waals surface area contributed by atoms with E-state index in [1.54, 1.807) is 13.0 Å². The number of phenolic OH excluding ortho intramolecular Hbond substituents is 1. The van der Waals surface area contributed by atoms with Crippen LogP contribution in [-0.4, -0.2) is 41.0 Å². The predicted molar refractivity (Wildman–Crippen MR) is 100 cm³/mol. The molecular formula is C21H26N2O2. The third kappa shape index (κ3) is 3.91. The number of carbonyl (C=O) groups is 1. The topological polar surface area (TPSA) is 52.6 Å². The number of piperazine rings is 1. The van der Waals surface area contributed by atoms with E-state index in [2.05, 4.69) is 30.1 Å². The van der Waals surface area contributed by atoms with Crippen LogP contribution in [0.1, 0.15) is 48.3 Å². The Labute approximate surface area is 149 Å². The summed E-state index contributed by atoms with van der Waals surface area (Å²) >= 11 is 0. The van der Waals surface area contributed by atoms with Crippen molar-refractivity contribution >= 4 is 5.78 Å². The number of phenols is 1. The molecule has 1 saturated heterocycles. The van der Waals surface area contributed by atoms with Crippen molar-refractivity contribution in [2.24, 2.45) is 0 Å². The number of rotatable bonds is 4. The molecule has 0 saturated carbocycles. The van der Waals surface area contributed by atoms with E-state index < -0.39 is 0 Å². The maximum absolute atomic E-state index is 11.6. The Morgan fingerprint density at radius 1 is 1.16 bits per heavy atom. The summed E-state index contributed by atoms with van der Waals surface area (Å²) in [6.07, 6.45) is 0. The minimum atomic E-state index is 0.0488. The summed E-state index contributed by atoms with van der Waals surface area (Å²) in [4.78, 5) is 14.1. The molecule has 25 heavy (non-hydrogen) atoms. The highest BCUT2D eigenvalue weighted by Gasteiger charge is 2.31. The van der Waals surface area contributed by atoms with Crippen molar-refractivity contribution in [2.75, 3.05) is 13.1 Å². The SMILES string of the molecule is CC(=O)c1ccc([C@H](c2cccc(O)c2)N2C[C@@H](C)NC[C@@H]2C)cc1. The van der Waals surface area contributed by atoms with Crippen molar-refractivity contribution in [1.82, 2.24) is 10.2 Å². The van der Waals surface area contributed by atoms with Crippen LogP contribution in [0.3, 0.4) is 0 Å². The summed E-state index contributed by atoms with van der Waals surface area (Å²) in [5.74, 6) is 0.350. The fraction of sp³-hybridized carbons (Fsp3) is 0.381. The highest BCUT2D eigenvalue weighted by molar-refractivity contribution is 5.94. The van der Waals surface area contributed by atoms with Crippen LogP contribution in [0.15, 0.2) is 48.5 Å². The zero-order chi connectivity index (χ0) is 18.0. The minimum Gasteiger partial charge on any atom is -0.508 e. The number of benzene rings is 2. The first-order chi connectivity index (χ1) is 12.0. The van der Waals surface area contributed by atoms with Crippen LogP contribution in [0.5, 0.6) is 5.75 Å². The second-order valence-electron chi connectivity index (χ2n) is 7.03. The lowest BCUT2D eigenvalue weighted by molar-refractivity contribution is 0.101. The van der Waals surface area contributed by atoms with Crippen molar-refractivity contribution in [3.63, 3.8) is 0 Å². The summed E-state index contributed by atoms with van der Waals surface area (Å²) in [5, 5.41) is 13.5. The van der Waals surface area contributed by atoms with Crippen molar-refractivity contribution in [3.8, 4) is 5.75 Å². The zero-order valence-electron chi connectivity index (χ0n) is 15.1. The number of Topliss-reactive ketones (excluding diaryl/α,β-unsaturated/α-hetero) is 1. The Balaban J connectivity index is 2.03. The molecular weight excluding hydrogens is 312 g/mol. The standard InChI is InChI=1S/C21H26N2O2/c1-14-13-23(15(2)12-22-14)21(19-5-4-6-20(25)11-19)18-9-7-17(8-10-18)16(3)24/h4-11,14-15,21-22,25H,12-13H2,1-3H3/t14-,15+,21-/m1/s1. The second-order valence-corrected chi connectivity index (χ2v) is 7.03. The predicted octanol–water partition coefficient (Wildman–Crippen LogP) is 3.37. The number of nitrogens with one attached hydrogen (secondary N) is 1. The monoisotopic (exact) mass is 338 g/mol. The van der Waals surface area contributed by atoms with Gasteiger partial charge in [-0.25, -0.2) is 0 Å². The van der Waals surface area contributed by atoms with Crippen molar-refractivity contribution in [3.05, 3.63) is 65.2 Å². The first-order valence-corrected chi connectivity index (χ1v) is 8.84. The maximum atomic E-state index is 11.6. The van der Waals surface area contributed by atoms with Crippen molar-refractivity contribution in [2.45, 2.75) is 38.9 Å². The molecule has 0 spiro atoms. The van der Waals surface area contributed by atoms with E-state index in [1.165, 1.54) is 0 Å². The van der Waals surface area contributed by atoms with Gasteiger partial charge in [0.05, 0.1) is 6.04 Å². The Hall–Kier alpha value is -2.17. The molecule has 3 rings (SSSR count). The molecule has 1 heterocycles. The maximum Gasteiger partial charge on any atom is 0.159 e. The van der Waals surface area contributed by atoms with Gasteiger partial charge in [0, 0.05) is 30.7 Å². The summed E-state index contributed by atoms with van der Waals surface area (Å²) in [7, 11) is 0. The minimum absolute atomic E-state index is 0.0488. The molecule has 132 valence electrons. The third-order valence-electron chi connectivity index (χ3n) is 4.96. The molecule has 4 nitrogen and oxygen atoms in total. The van der Waals surface area contributed by atoms with Gasteiger partial charge in [-0.2, -0.15) is 0 Å². The van der Waals surface area contributed by atoms with E-state index in [1.807, 2.05) is 36.4 Å². The first-order valence-electron chi connectivity index (χ1n) is 8.84. The zero-order valence-corrected chi connectivity index (χ0v) is 15.1. The van der Waals surface area contributed by atoms with E-state index >= 15 is 0 Å². The normalized spacial score (nSPS) is 22.5. The van der Waals surface area contributed by atoms with Gasteiger partial charge in [0.1, 0.15) is 5.75 Å². The quantitative estimate of drug-likeness (QED) is 0.839. The second kappa shape index (κ2) is 7.38. The third-order valence-corrected chi connectivity index (χ3v) is 4.96. The van der Waals surface area contributed by atoms with Crippen LogP contribution < -0.4 is 5.32 Å². The van der Waals surface area contributed by atoms with E-state index in [4.69, 9.17) is 0 Å². The average Bonchev–Trinajstić information content (AvgIpc) is 2.59. The number of nitrogens with zero attached hydrogens (tertiary/aromatic N) is 1. The lowest BCUT2D eigenvalue weighted by atomic mass is 9.93. The van der Waals surface area contributed by atoms with E-state index in [9.17, 15) is 9.90 Å². The van der Waals surface area contributed by atoms with Crippen LogP contribution in [0.25, 0.3) is 0 Å². The fourth-order valence-electron chi connectivity index (χ4n) is 3.58. The molecule has 0 amide bonds. The first kappa shape index (κ1) is 17.6. The number of carbonyl (C=O) groups excluding carboxylic acids is 1.